The second-order valence-corrected chi connectivity index (χ2v) is 5.95. The molecule has 1 atom stereocenters. The van der Waals surface area contributed by atoms with E-state index in [0.29, 0.717) is 6.42 Å². The number of nitrogens with one attached hydrogen (secondary N) is 2. The number of hydrogen-bond acceptors (Lipinski definition) is 2. The molecule has 0 heterocycles. The molecule has 0 bridgehead atoms. The Kier molecular flexibility index (Phi) is 5.76. The van der Waals surface area contributed by atoms with E-state index in [-0.39, 0.29) is 18.5 Å². The topological polar surface area (TPSA) is 78.4 Å². The van der Waals surface area contributed by atoms with Crippen molar-refractivity contribution in [3.63, 3.8) is 0 Å². The fourth-order valence-corrected chi connectivity index (χ4v) is 2.17. The van der Waals surface area contributed by atoms with Gasteiger partial charge in [-0.25, -0.2) is 4.79 Å². The second kappa shape index (κ2) is 7.11. The molecule has 1 rings (SSSR count). The molecule has 1 aromatic carbocycles. The van der Waals surface area contributed by atoms with Crippen molar-refractivity contribution in [2.75, 3.05) is 0 Å². The Balaban J connectivity index is 2.57. The lowest BCUT2D eigenvalue weighted by molar-refractivity contribution is -0.137. The number of rotatable bonds is 6. The minimum absolute atomic E-state index is 0.0284. The van der Waals surface area contributed by atoms with Crippen molar-refractivity contribution in [3.8, 4) is 0 Å². The molecule has 0 aliphatic heterocycles. The lowest BCUT2D eigenvalue weighted by atomic mass is 9.98. The number of urea groups is 1. The molecule has 0 fully saturated rings. The number of aryl methyl sites for hydroxylation is 1. The largest absolute Gasteiger partial charge is 0.481 e. The van der Waals surface area contributed by atoms with E-state index >= 15 is 0 Å². The summed E-state index contributed by atoms with van der Waals surface area (Å²) in [5, 5.41) is 14.4. The van der Waals surface area contributed by atoms with Gasteiger partial charge in [-0.3, -0.25) is 4.79 Å². The highest BCUT2D eigenvalue weighted by molar-refractivity contribution is 5.75. The van der Waals surface area contributed by atoms with Crippen LogP contribution in [0, 0.1) is 6.92 Å². The fourth-order valence-electron chi connectivity index (χ4n) is 2.17. The van der Waals surface area contributed by atoms with Gasteiger partial charge in [0.2, 0.25) is 0 Å². The Hall–Kier alpha value is -2.04. The lowest BCUT2D eigenvalue weighted by Crippen LogP contribution is -2.49. The molecule has 0 aromatic heterocycles. The summed E-state index contributed by atoms with van der Waals surface area (Å²) >= 11 is 0. The van der Waals surface area contributed by atoms with E-state index in [1.807, 2.05) is 52.0 Å². The highest BCUT2D eigenvalue weighted by Crippen LogP contribution is 2.17. The summed E-state index contributed by atoms with van der Waals surface area (Å²) in [5.74, 6) is -0.862. The summed E-state index contributed by atoms with van der Waals surface area (Å²) in [6.07, 6.45) is 0.412. The minimum Gasteiger partial charge on any atom is -0.481 e. The van der Waals surface area contributed by atoms with Gasteiger partial charge in [0.05, 0.1) is 6.04 Å². The molecule has 3 N–H and O–H groups in total. The van der Waals surface area contributed by atoms with Crippen molar-refractivity contribution in [2.24, 2.45) is 0 Å². The van der Waals surface area contributed by atoms with E-state index in [1.165, 1.54) is 0 Å². The average Bonchev–Trinajstić information content (AvgIpc) is 2.36. The van der Waals surface area contributed by atoms with E-state index in [9.17, 15) is 9.59 Å². The molecule has 0 spiro atoms. The third kappa shape index (κ3) is 5.85. The maximum atomic E-state index is 12.0. The zero-order valence-electron chi connectivity index (χ0n) is 13.1. The van der Waals surface area contributed by atoms with Crippen LogP contribution in [-0.2, 0) is 4.79 Å². The van der Waals surface area contributed by atoms with Gasteiger partial charge in [0.1, 0.15) is 0 Å². The quantitative estimate of drug-likeness (QED) is 0.754. The zero-order valence-corrected chi connectivity index (χ0v) is 13.1. The van der Waals surface area contributed by atoms with Gasteiger partial charge >= 0.3 is 12.0 Å². The SMILES string of the molecule is Cc1ccccc1C(C)NC(=O)NC(C)(C)CCC(=O)O. The number of carboxylic acids is 1. The molecule has 21 heavy (non-hydrogen) atoms. The molecule has 1 unspecified atom stereocenters. The van der Waals surface area contributed by atoms with Crippen LogP contribution in [0.3, 0.4) is 0 Å². The van der Waals surface area contributed by atoms with Gasteiger partial charge < -0.3 is 15.7 Å². The summed E-state index contributed by atoms with van der Waals surface area (Å²) in [4.78, 5) is 22.6. The van der Waals surface area contributed by atoms with Gasteiger partial charge in [-0.05, 0) is 45.2 Å². The third-order valence-corrected chi connectivity index (χ3v) is 3.42. The van der Waals surface area contributed by atoms with Crippen LogP contribution in [-0.4, -0.2) is 22.6 Å². The summed E-state index contributed by atoms with van der Waals surface area (Å²) in [6, 6.07) is 7.48. The van der Waals surface area contributed by atoms with Crippen LogP contribution < -0.4 is 10.6 Å². The Morgan fingerprint density at radius 3 is 2.48 bits per heavy atom. The fraction of sp³-hybridized carbons (Fsp3) is 0.500. The average molecular weight is 292 g/mol. The zero-order chi connectivity index (χ0) is 16.0. The van der Waals surface area contributed by atoms with Gasteiger partial charge in [-0.15, -0.1) is 0 Å². The molecule has 0 saturated heterocycles. The Morgan fingerprint density at radius 2 is 1.90 bits per heavy atom. The number of benzene rings is 1. The number of carbonyl (C=O) groups is 2. The molecule has 2 amide bonds. The maximum Gasteiger partial charge on any atom is 0.315 e. The van der Waals surface area contributed by atoms with Gasteiger partial charge in [0.15, 0.2) is 0 Å². The minimum atomic E-state index is -0.862. The van der Waals surface area contributed by atoms with Gasteiger partial charge in [-0.1, -0.05) is 24.3 Å². The summed E-state index contributed by atoms with van der Waals surface area (Å²) in [5.41, 5.74) is 1.62. The number of carboxylic acid groups (broad SMARTS) is 1. The molecule has 0 aliphatic carbocycles. The van der Waals surface area contributed by atoms with Crippen LogP contribution in [0.2, 0.25) is 0 Å². The first-order valence-corrected chi connectivity index (χ1v) is 7.07. The molecule has 0 radical (unpaired) electrons. The molecule has 5 heteroatoms. The van der Waals surface area contributed by atoms with E-state index in [1.54, 1.807) is 0 Å². The Labute approximate surface area is 125 Å². The van der Waals surface area contributed by atoms with Crippen LogP contribution in [0.1, 0.15) is 50.8 Å². The van der Waals surface area contributed by atoms with Crippen molar-refractivity contribution < 1.29 is 14.7 Å². The van der Waals surface area contributed by atoms with Crippen LogP contribution in [0.15, 0.2) is 24.3 Å². The second-order valence-electron chi connectivity index (χ2n) is 5.95. The number of hydrogen-bond donors (Lipinski definition) is 3. The van der Waals surface area contributed by atoms with E-state index in [2.05, 4.69) is 10.6 Å². The number of carbonyl (C=O) groups excluding carboxylic acids is 1. The third-order valence-electron chi connectivity index (χ3n) is 3.42. The predicted octanol–water partition coefficient (Wildman–Crippen LogP) is 3.00. The maximum absolute atomic E-state index is 12.0. The van der Waals surface area contributed by atoms with Crippen molar-refractivity contribution >= 4 is 12.0 Å². The smallest absolute Gasteiger partial charge is 0.315 e. The molecule has 116 valence electrons. The van der Waals surface area contributed by atoms with Crippen molar-refractivity contribution in [3.05, 3.63) is 35.4 Å². The summed E-state index contributed by atoms with van der Waals surface area (Å²) in [7, 11) is 0. The summed E-state index contributed by atoms with van der Waals surface area (Å²) in [6.45, 7) is 7.55. The van der Waals surface area contributed by atoms with E-state index in [4.69, 9.17) is 5.11 Å². The summed E-state index contributed by atoms with van der Waals surface area (Å²) < 4.78 is 0. The molecule has 1 aromatic rings. The van der Waals surface area contributed by atoms with Crippen LogP contribution in [0.25, 0.3) is 0 Å². The first-order chi connectivity index (χ1) is 9.71. The number of amides is 2. The molecule has 5 nitrogen and oxygen atoms in total. The molecular weight excluding hydrogens is 268 g/mol. The van der Waals surface area contributed by atoms with E-state index in [0.717, 1.165) is 11.1 Å². The lowest BCUT2D eigenvalue weighted by Gasteiger charge is -2.27. The van der Waals surface area contributed by atoms with Crippen molar-refractivity contribution in [1.29, 1.82) is 0 Å². The predicted molar refractivity (Wildman–Crippen MR) is 82.2 cm³/mol. The van der Waals surface area contributed by atoms with Crippen LogP contribution in [0.5, 0.6) is 0 Å². The Bertz CT molecular complexity index is 512. The van der Waals surface area contributed by atoms with Crippen molar-refractivity contribution in [1.82, 2.24) is 10.6 Å². The first-order valence-electron chi connectivity index (χ1n) is 7.07. The first kappa shape index (κ1) is 17.0. The van der Waals surface area contributed by atoms with Gasteiger partial charge in [0.25, 0.3) is 0 Å². The standard InChI is InChI=1S/C16H24N2O3/c1-11-7-5-6-8-13(11)12(2)17-15(21)18-16(3,4)10-9-14(19)20/h5-8,12H,9-10H2,1-4H3,(H,19,20)(H2,17,18,21). The Morgan fingerprint density at radius 1 is 1.29 bits per heavy atom. The van der Waals surface area contributed by atoms with Crippen LogP contribution in [0.4, 0.5) is 4.79 Å². The van der Waals surface area contributed by atoms with Crippen LogP contribution >= 0.6 is 0 Å². The van der Waals surface area contributed by atoms with Gasteiger partial charge in [-0.2, -0.15) is 0 Å². The molecular formula is C16H24N2O3. The highest BCUT2D eigenvalue weighted by Gasteiger charge is 2.22. The monoisotopic (exact) mass is 292 g/mol. The molecule has 0 saturated carbocycles. The highest BCUT2D eigenvalue weighted by atomic mass is 16.4. The number of aliphatic carboxylic acids is 1. The van der Waals surface area contributed by atoms with Crippen molar-refractivity contribution in [2.45, 2.75) is 52.1 Å². The molecule has 0 aliphatic rings. The normalized spacial score (nSPS) is 12.6. The van der Waals surface area contributed by atoms with E-state index < -0.39 is 11.5 Å². The van der Waals surface area contributed by atoms with Gasteiger partial charge in [0, 0.05) is 12.0 Å².